The highest BCUT2D eigenvalue weighted by Crippen LogP contribution is 2.34. The molecule has 0 bridgehead atoms. The van der Waals surface area contributed by atoms with Crippen molar-refractivity contribution >= 4 is 34.4 Å². The van der Waals surface area contributed by atoms with Crippen LogP contribution in [0.15, 0.2) is 30.6 Å². The number of aromatic nitrogens is 3. The summed E-state index contributed by atoms with van der Waals surface area (Å²) in [7, 11) is 2.11. The molecule has 1 aromatic carbocycles. The summed E-state index contributed by atoms with van der Waals surface area (Å²) in [6.07, 6.45) is 5.47. The molecule has 9 nitrogen and oxygen atoms in total. The van der Waals surface area contributed by atoms with Crippen LogP contribution in [0.3, 0.4) is 0 Å². The first-order valence-electron chi connectivity index (χ1n) is 12.2. The van der Waals surface area contributed by atoms with Gasteiger partial charge in [-0.05, 0) is 52.3 Å². The van der Waals surface area contributed by atoms with E-state index in [9.17, 15) is 9.59 Å². The van der Waals surface area contributed by atoms with Gasteiger partial charge in [0.25, 0.3) is 0 Å². The molecule has 3 N–H and O–H groups in total. The van der Waals surface area contributed by atoms with Gasteiger partial charge in [0.05, 0.1) is 22.4 Å². The average Bonchev–Trinajstić information content (AvgIpc) is 3.60. The standard InChI is InChI=1S/C26H33N7O2/c1-16-14-28-25(31-23(34)17-8-9-17)30-21(16)19-15-27-22-18(19)6-5-7-20(22)29-24(35)26(2,3)33-12-10-32(4)11-13-33/h5-7,14-15,17,27H,8-13H2,1-4H3,(H,29,35)(H,28,30,31,34). The first kappa shape index (κ1) is 23.4. The number of likely N-dealkylation sites (N-methyl/N-ethyl adjacent to an activating group) is 1. The molecule has 1 aliphatic heterocycles. The largest absolute Gasteiger partial charge is 0.359 e. The lowest BCUT2D eigenvalue weighted by Crippen LogP contribution is -2.58. The van der Waals surface area contributed by atoms with Crippen molar-refractivity contribution in [2.75, 3.05) is 43.9 Å². The van der Waals surface area contributed by atoms with Crippen LogP contribution >= 0.6 is 0 Å². The third kappa shape index (κ3) is 4.66. The number of anilines is 2. The second-order valence-corrected chi connectivity index (χ2v) is 10.2. The number of carbonyl (C=O) groups excluding carboxylic acids is 2. The summed E-state index contributed by atoms with van der Waals surface area (Å²) in [6.45, 7) is 9.54. The number of hydrogen-bond acceptors (Lipinski definition) is 6. The molecule has 3 aromatic rings. The zero-order chi connectivity index (χ0) is 24.7. The van der Waals surface area contributed by atoms with Gasteiger partial charge in [-0.1, -0.05) is 12.1 Å². The van der Waals surface area contributed by atoms with Gasteiger partial charge in [-0.2, -0.15) is 0 Å². The zero-order valence-electron chi connectivity index (χ0n) is 20.8. The molecule has 5 rings (SSSR count). The minimum atomic E-state index is -0.628. The second kappa shape index (κ2) is 9.05. The number of hydrogen-bond donors (Lipinski definition) is 3. The smallest absolute Gasteiger partial charge is 0.244 e. The van der Waals surface area contributed by atoms with Gasteiger partial charge in [-0.25, -0.2) is 9.97 Å². The first-order chi connectivity index (χ1) is 16.7. The van der Waals surface area contributed by atoms with Crippen molar-refractivity contribution < 1.29 is 9.59 Å². The SMILES string of the molecule is Cc1cnc(NC(=O)C2CC2)nc1-c1c[nH]c2c(NC(=O)C(C)(C)N3CCN(C)CC3)cccc12. The first-order valence-corrected chi connectivity index (χ1v) is 12.2. The maximum Gasteiger partial charge on any atom is 0.244 e. The van der Waals surface area contributed by atoms with E-state index in [2.05, 4.69) is 42.4 Å². The van der Waals surface area contributed by atoms with Crippen LogP contribution in [-0.2, 0) is 9.59 Å². The Morgan fingerprint density at radius 2 is 1.86 bits per heavy atom. The summed E-state index contributed by atoms with van der Waals surface area (Å²) >= 11 is 0. The van der Waals surface area contributed by atoms with E-state index in [1.807, 2.05) is 45.2 Å². The molecule has 3 heterocycles. The fourth-order valence-electron chi connectivity index (χ4n) is 4.57. The van der Waals surface area contributed by atoms with Crippen molar-refractivity contribution in [1.82, 2.24) is 24.8 Å². The number of benzene rings is 1. The van der Waals surface area contributed by atoms with Crippen molar-refractivity contribution in [2.24, 2.45) is 5.92 Å². The van der Waals surface area contributed by atoms with Crippen LogP contribution in [-0.4, -0.2) is 75.3 Å². The molecule has 0 spiro atoms. The molecule has 1 saturated carbocycles. The molecule has 1 aliphatic carbocycles. The number of amides is 2. The lowest BCUT2D eigenvalue weighted by Gasteiger charge is -2.42. The number of piperazine rings is 1. The summed E-state index contributed by atoms with van der Waals surface area (Å²) in [4.78, 5) is 42.3. The molecule has 2 fully saturated rings. The molecule has 2 amide bonds. The number of aryl methyl sites for hydroxylation is 1. The predicted octanol–water partition coefficient (Wildman–Crippen LogP) is 3.25. The Kier molecular flexibility index (Phi) is 6.06. The number of fused-ring (bicyclic) bond motifs is 1. The van der Waals surface area contributed by atoms with Gasteiger partial charge in [-0.3, -0.25) is 19.8 Å². The van der Waals surface area contributed by atoms with Crippen molar-refractivity contribution in [3.63, 3.8) is 0 Å². The summed E-state index contributed by atoms with van der Waals surface area (Å²) < 4.78 is 0. The van der Waals surface area contributed by atoms with E-state index in [0.29, 0.717) is 5.95 Å². The van der Waals surface area contributed by atoms with Crippen molar-refractivity contribution in [3.05, 3.63) is 36.2 Å². The van der Waals surface area contributed by atoms with E-state index in [0.717, 1.165) is 72.4 Å². The Bertz CT molecular complexity index is 1270. The highest BCUT2D eigenvalue weighted by molar-refractivity contribution is 6.07. The Labute approximate surface area is 205 Å². The van der Waals surface area contributed by atoms with Gasteiger partial charge in [0.15, 0.2) is 0 Å². The summed E-state index contributed by atoms with van der Waals surface area (Å²) in [5.74, 6) is 0.341. The maximum absolute atomic E-state index is 13.4. The molecule has 1 saturated heterocycles. The summed E-state index contributed by atoms with van der Waals surface area (Å²) in [5, 5.41) is 6.93. The highest BCUT2D eigenvalue weighted by atomic mass is 16.2. The van der Waals surface area contributed by atoms with Gasteiger partial charge in [-0.15, -0.1) is 0 Å². The van der Waals surface area contributed by atoms with Gasteiger partial charge >= 0.3 is 0 Å². The molecule has 0 atom stereocenters. The number of rotatable bonds is 6. The van der Waals surface area contributed by atoms with E-state index in [-0.39, 0.29) is 17.7 Å². The van der Waals surface area contributed by atoms with Crippen LogP contribution in [0.4, 0.5) is 11.6 Å². The molecule has 9 heteroatoms. The van der Waals surface area contributed by atoms with E-state index in [4.69, 9.17) is 0 Å². The second-order valence-electron chi connectivity index (χ2n) is 10.2. The summed E-state index contributed by atoms with van der Waals surface area (Å²) in [6, 6.07) is 5.85. The van der Waals surface area contributed by atoms with Crippen molar-refractivity contribution in [3.8, 4) is 11.3 Å². The van der Waals surface area contributed by atoms with Crippen molar-refractivity contribution in [1.29, 1.82) is 0 Å². The molecular formula is C26H33N7O2. The number of para-hydroxylation sites is 1. The number of aromatic amines is 1. The summed E-state index contributed by atoms with van der Waals surface area (Å²) in [5.41, 5.74) is 3.49. The van der Waals surface area contributed by atoms with Gasteiger partial charge in [0, 0.05) is 55.4 Å². The number of nitrogens with one attached hydrogen (secondary N) is 3. The van der Waals surface area contributed by atoms with E-state index < -0.39 is 5.54 Å². The Hall–Kier alpha value is -3.30. The van der Waals surface area contributed by atoms with Gasteiger partial charge in [0.1, 0.15) is 0 Å². The maximum atomic E-state index is 13.4. The quantitative estimate of drug-likeness (QED) is 0.505. The van der Waals surface area contributed by atoms with E-state index >= 15 is 0 Å². The van der Waals surface area contributed by atoms with Crippen LogP contribution < -0.4 is 10.6 Å². The van der Waals surface area contributed by atoms with Crippen LogP contribution in [0.5, 0.6) is 0 Å². The van der Waals surface area contributed by atoms with Crippen LogP contribution in [0, 0.1) is 12.8 Å². The predicted molar refractivity (Wildman–Crippen MR) is 137 cm³/mol. The molecule has 0 radical (unpaired) electrons. The van der Waals surface area contributed by atoms with Crippen LogP contribution in [0.2, 0.25) is 0 Å². The van der Waals surface area contributed by atoms with Crippen LogP contribution in [0.25, 0.3) is 22.2 Å². The highest BCUT2D eigenvalue weighted by Gasteiger charge is 2.36. The fraction of sp³-hybridized carbons (Fsp3) is 0.462. The lowest BCUT2D eigenvalue weighted by atomic mass is 9.99. The molecule has 2 aromatic heterocycles. The number of H-pyrrole nitrogens is 1. The lowest BCUT2D eigenvalue weighted by molar-refractivity contribution is -0.127. The molecule has 184 valence electrons. The third-order valence-corrected chi connectivity index (χ3v) is 7.22. The Morgan fingerprint density at radius 3 is 2.57 bits per heavy atom. The third-order valence-electron chi connectivity index (χ3n) is 7.22. The van der Waals surface area contributed by atoms with Crippen LogP contribution in [0.1, 0.15) is 32.3 Å². The number of carbonyl (C=O) groups is 2. The molecule has 0 unspecified atom stereocenters. The number of nitrogens with zero attached hydrogens (tertiary/aromatic N) is 4. The monoisotopic (exact) mass is 475 g/mol. The fourth-order valence-corrected chi connectivity index (χ4v) is 4.57. The minimum Gasteiger partial charge on any atom is -0.359 e. The Morgan fingerprint density at radius 1 is 1.11 bits per heavy atom. The van der Waals surface area contributed by atoms with E-state index in [1.165, 1.54) is 0 Å². The van der Waals surface area contributed by atoms with Gasteiger partial charge < -0.3 is 15.2 Å². The molecule has 35 heavy (non-hydrogen) atoms. The van der Waals surface area contributed by atoms with Crippen molar-refractivity contribution in [2.45, 2.75) is 39.2 Å². The average molecular weight is 476 g/mol. The van der Waals surface area contributed by atoms with Gasteiger partial charge in [0.2, 0.25) is 17.8 Å². The zero-order valence-corrected chi connectivity index (χ0v) is 20.8. The molecular weight excluding hydrogens is 442 g/mol. The molecule has 2 aliphatic rings. The van der Waals surface area contributed by atoms with E-state index in [1.54, 1.807) is 6.20 Å². The normalized spacial score (nSPS) is 17.5. The topological polar surface area (TPSA) is 106 Å². The Balaban J connectivity index is 1.41. The minimum absolute atomic E-state index is 0.0216.